The Hall–Kier alpha value is -2.99. The summed E-state index contributed by atoms with van der Waals surface area (Å²) >= 11 is 0. The van der Waals surface area contributed by atoms with E-state index in [0.29, 0.717) is 11.0 Å². The predicted octanol–water partition coefficient (Wildman–Crippen LogP) is 6.76. The maximum atomic E-state index is 11.5. The second-order valence-corrected chi connectivity index (χ2v) is 10.1. The van der Waals surface area contributed by atoms with Crippen LogP contribution in [0, 0.1) is 12.3 Å². The molecule has 1 aromatic heterocycles. The zero-order chi connectivity index (χ0) is 25.2. The smallest absolute Gasteiger partial charge is 0.335 e. The number of nitrogens with one attached hydrogen (secondary N) is 2. The number of piperidine rings is 1. The fourth-order valence-electron chi connectivity index (χ4n) is 5.49. The Labute approximate surface area is 208 Å². The van der Waals surface area contributed by atoms with E-state index >= 15 is 0 Å². The summed E-state index contributed by atoms with van der Waals surface area (Å²) < 4.78 is 5.81. The van der Waals surface area contributed by atoms with E-state index in [-0.39, 0.29) is 6.04 Å². The standard InChI is InChI=1S/C26H31N3O3.C3H8/c1-16-12-23(32-3)20(18-6-10-28-24(16)18)15-29-11-9-26(7-8-26)14-22(29)19-5-4-17(25(30)31)13-21(19)27-2;1-3-2/h4-6,10,12-13,22,27-28H,7-9,11,14-15H2,1-3H3,(H,30,31);3H2,1-2H3. The number of H-pyrrole nitrogens is 1. The number of ether oxygens (including phenoxy) is 1. The molecule has 0 amide bonds. The Bertz CT molecular complexity index is 1200. The predicted molar refractivity (Wildman–Crippen MR) is 143 cm³/mol. The summed E-state index contributed by atoms with van der Waals surface area (Å²) in [5, 5.41) is 13.9. The molecule has 1 aliphatic carbocycles. The molecule has 35 heavy (non-hydrogen) atoms. The van der Waals surface area contributed by atoms with E-state index in [1.54, 1.807) is 19.2 Å². The van der Waals surface area contributed by atoms with Crippen molar-refractivity contribution >= 4 is 22.6 Å². The number of carboxylic acid groups (broad SMARTS) is 1. The van der Waals surface area contributed by atoms with Gasteiger partial charge >= 0.3 is 5.97 Å². The van der Waals surface area contributed by atoms with E-state index in [2.05, 4.69) is 48.1 Å². The molecule has 2 aromatic carbocycles. The molecule has 1 atom stereocenters. The highest BCUT2D eigenvalue weighted by atomic mass is 16.5. The number of aromatic nitrogens is 1. The molecule has 3 N–H and O–H groups in total. The van der Waals surface area contributed by atoms with Crippen molar-refractivity contribution in [1.29, 1.82) is 0 Å². The van der Waals surface area contributed by atoms with Crippen LogP contribution < -0.4 is 10.1 Å². The number of benzene rings is 2. The molecule has 3 aromatic rings. The largest absolute Gasteiger partial charge is 0.496 e. The normalized spacial score (nSPS) is 18.7. The van der Waals surface area contributed by atoms with Crippen LogP contribution in [-0.4, -0.2) is 41.7 Å². The van der Waals surface area contributed by atoms with Crippen LogP contribution in [-0.2, 0) is 6.54 Å². The van der Waals surface area contributed by atoms with Gasteiger partial charge in [-0.25, -0.2) is 4.79 Å². The summed E-state index contributed by atoms with van der Waals surface area (Å²) in [7, 11) is 3.62. The molecule has 2 aliphatic rings. The fraction of sp³-hybridized carbons (Fsp3) is 0.483. The van der Waals surface area contributed by atoms with Gasteiger partial charge in [0.2, 0.25) is 0 Å². The lowest BCUT2D eigenvalue weighted by Gasteiger charge is -2.41. The van der Waals surface area contributed by atoms with E-state index < -0.39 is 5.97 Å². The molecule has 6 nitrogen and oxygen atoms in total. The number of fused-ring (bicyclic) bond motifs is 1. The molecule has 1 saturated carbocycles. The molecule has 1 spiro atoms. The van der Waals surface area contributed by atoms with Gasteiger partial charge in [-0.1, -0.05) is 26.3 Å². The molecule has 6 heteroatoms. The van der Waals surface area contributed by atoms with Crippen molar-refractivity contribution in [3.63, 3.8) is 0 Å². The van der Waals surface area contributed by atoms with E-state index in [1.165, 1.54) is 47.8 Å². The van der Waals surface area contributed by atoms with Gasteiger partial charge in [-0.3, -0.25) is 4.90 Å². The van der Waals surface area contributed by atoms with Crippen molar-refractivity contribution in [2.45, 2.75) is 65.5 Å². The van der Waals surface area contributed by atoms with Crippen LogP contribution in [0.1, 0.15) is 79.0 Å². The second-order valence-electron chi connectivity index (χ2n) is 10.1. The van der Waals surface area contributed by atoms with Crippen LogP contribution >= 0.6 is 0 Å². The number of rotatable bonds is 6. The number of aryl methyl sites for hydroxylation is 1. The molecule has 0 bridgehead atoms. The van der Waals surface area contributed by atoms with Crippen LogP contribution in [0.2, 0.25) is 0 Å². The number of hydrogen-bond donors (Lipinski definition) is 3. The summed E-state index contributed by atoms with van der Waals surface area (Å²) in [6.45, 7) is 8.18. The van der Waals surface area contributed by atoms with E-state index in [4.69, 9.17) is 4.74 Å². The number of nitrogens with zero attached hydrogens (tertiary/aromatic N) is 1. The first-order chi connectivity index (χ1) is 16.9. The first-order valence-corrected chi connectivity index (χ1v) is 12.8. The van der Waals surface area contributed by atoms with Gasteiger partial charge in [0.1, 0.15) is 5.75 Å². The first-order valence-electron chi connectivity index (χ1n) is 12.8. The average Bonchev–Trinajstić information content (AvgIpc) is 3.40. The number of aromatic carboxylic acids is 1. The number of likely N-dealkylation sites (tertiary alicyclic amines) is 1. The quantitative estimate of drug-likeness (QED) is 0.366. The summed E-state index contributed by atoms with van der Waals surface area (Å²) in [5.74, 6) is 0.0292. The Kier molecular flexibility index (Phi) is 7.41. The maximum Gasteiger partial charge on any atom is 0.335 e. The van der Waals surface area contributed by atoms with Crippen LogP contribution in [0.4, 0.5) is 5.69 Å². The lowest BCUT2D eigenvalue weighted by Crippen LogP contribution is -2.37. The van der Waals surface area contributed by atoms with Gasteiger partial charge in [-0.2, -0.15) is 0 Å². The van der Waals surface area contributed by atoms with Crippen LogP contribution in [0.3, 0.4) is 0 Å². The lowest BCUT2D eigenvalue weighted by molar-refractivity contribution is 0.0696. The summed E-state index contributed by atoms with van der Waals surface area (Å²) in [6, 6.07) is 10.0. The third kappa shape index (κ3) is 5.03. The van der Waals surface area contributed by atoms with Gasteiger partial charge in [0.05, 0.1) is 12.7 Å². The van der Waals surface area contributed by atoms with Crippen molar-refractivity contribution in [1.82, 2.24) is 9.88 Å². The van der Waals surface area contributed by atoms with E-state index in [9.17, 15) is 9.90 Å². The highest BCUT2D eigenvalue weighted by Gasteiger charge is 2.48. The van der Waals surface area contributed by atoms with Gasteiger partial charge in [0, 0.05) is 48.0 Å². The third-order valence-corrected chi connectivity index (χ3v) is 7.57. The molecule has 1 unspecified atom stereocenters. The molecule has 1 saturated heterocycles. The Morgan fingerprint density at radius 3 is 2.60 bits per heavy atom. The minimum absolute atomic E-state index is 0.233. The van der Waals surface area contributed by atoms with Gasteiger partial charge in [0.25, 0.3) is 0 Å². The molecule has 2 heterocycles. The molecular formula is C29H39N3O3. The Morgan fingerprint density at radius 1 is 1.23 bits per heavy atom. The lowest BCUT2D eigenvalue weighted by atomic mass is 9.83. The van der Waals surface area contributed by atoms with Crippen LogP contribution in [0.5, 0.6) is 5.75 Å². The maximum absolute atomic E-state index is 11.5. The van der Waals surface area contributed by atoms with E-state index in [0.717, 1.165) is 36.5 Å². The zero-order valence-electron chi connectivity index (χ0n) is 21.7. The molecule has 1 aliphatic heterocycles. The monoisotopic (exact) mass is 477 g/mol. The van der Waals surface area contributed by atoms with Crippen molar-refractivity contribution in [3.05, 3.63) is 58.8 Å². The van der Waals surface area contributed by atoms with Crippen molar-refractivity contribution in [3.8, 4) is 5.75 Å². The van der Waals surface area contributed by atoms with Crippen molar-refractivity contribution in [2.24, 2.45) is 5.41 Å². The van der Waals surface area contributed by atoms with Crippen LogP contribution in [0.15, 0.2) is 36.5 Å². The number of methoxy groups -OCH3 is 1. The summed E-state index contributed by atoms with van der Waals surface area (Å²) in [6.07, 6.45) is 8.18. The molecule has 2 fully saturated rings. The van der Waals surface area contributed by atoms with Crippen molar-refractivity contribution in [2.75, 3.05) is 26.0 Å². The number of anilines is 1. The van der Waals surface area contributed by atoms with Gasteiger partial charge in [-0.15, -0.1) is 0 Å². The minimum Gasteiger partial charge on any atom is -0.496 e. The Balaban J connectivity index is 0.000000917. The van der Waals surface area contributed by atoms with Gasteiger partial charge < -0.3 is 20.1 Å². The Morgan fingerprint density at radius 2 is 1.97 bits per heavy atom. The third-order valence-electron chi connectivity index (χ3n) is 7.57. The number of hydrogen-bond acceptors (Lipinski definition) is 4. The molecule has 188 valence electrons. The SMILES string of the molecule is CCC.CNc1cc(C(=O)O)ccc1C1CC2(CCN1Cc1c(OC)cc(C)c3[nH]ccc13)CC2. The summed E-state index contributed by atoms with van der Waals surface area (Å²) in [4.78, 5) is 17.5. The highest BCUT2D eigenvalue weighted by molar-refractivity contribution is 5.89. The van der Waals surface area contributed by atoms with Gasteiger partial charge in [0.15, 0.2) is 0 Å². The number of carbonyl (C=O) groups is 1. The summed E-state index contributed by atoms with van der Waals surface area (Å²) in [5.41, 5.74) is 6.41. The highest BCUT2D eigenvalue weighted by Crippen LogP contribution is 2.59. The van der Waals surface area contributed by atoms with Crippen molar-refractivity contribution < 1.29 is 14.6 Å². The fourth-order valence-corrected chi connectivity index (χ4v) is 5.49. The van der Waals surface area contributed by atoms with E-state index in [1.807, 2.05) is 19.3 Å². The molecule has 0 radical (unpaired) electrons. The molecular weight excluding hydrogens is 438 g/mol. The number of carboxylic acids is 1. The average molecular weight is 478 g/mol. The molecule has 5 rings (SSSR count). The second kappa shape index (κ2) is 10.3. The van der Waals surface area contributed by atoms with Gasteiger partial charge in [-0.05, 0) is 80.0 Å². The first kappa shape index (κ1) is 25.1. The number of aromatic amines is 1. The zero-order valence-corrected chi connectivity index (χ0v) is 21.7. The topological polar surface area (TPSA) is 77.6 Å². The van der Waals surface area contributed by atoms with Crippen LogP contribution in [0.25, 0.3) is 10.9 Å². The minimum atomic E-state index is -0.897.